The molecule has 1 atom stereocenters. The van der Waals surface area contributed by atoms with Crippen molar-refractivity contribution in [2.45, 2.75) is 12.5 Å². The molecular weight excluding hydrogens is 701 g/mol. The minimum absolute atomic E-state index is 0.109. The number of furan rings is 1. The third-order valence-electron chi connectivity index (χ3n) is 11.4. The Hall–Kier alpha value is -7.57. The summed E-state index contributed by atoms with van der Waals surface area (Å²) in [5.41, 5.74) is 12.2. The van der Waals surface area contributed by atoms with Crippen molar-refractivity contribution in [1.82, 2.24) is 19.5 Å². The summed E-state index contributed by atoms with van der Waals surface area (Å²) in [6, 6.07) is 56.5. The van der Waals surface area contributed by atoms with Crippen LogP contribution in [-0.2, 0) is 0 Å². The lowest BCUT2D eigenvalue weighted by Crippen LogP contribution is -2.14. The van der Waals surface area contributed by atoms with Crippen LogP contribution in [-0.4, -0.2) is 25.6 Å². The first-order valence-corrected chi connectivity index (χ1v) is 19.3. The number of para-hydroxylation sites is 4. The van der Waals surface area contributed by atoms with Gasteiger partial charge in [0.2, 0.25) is 0 Å². The van der Waals surface area contributed by atoms with Crippen LogP contribution in [0.5, 0.6) is 5.75 Å². The molecule has 0 fully saturated rings. The van der Waals surface area contributed by atoms with E-state index in [1.807, 2.05) is 72.8 Å². The molecule has 1 aliphatic heterocycles. The van der Waals surface area contributed by atoms with Gasteiger partial charge in [-0.3, -0.25) is 0 Å². The van der Waals surface area contributed by atoms with Gasteiger partial charge in [0, 0.05) is 61.4 Å². The number of allylic oxidation sites excluding steroid dienone is 2. The number of hydrogen-bond donors (Lipinski definition) is 0. The minimum Gasteiger partial charge on any atom is -0.483 e. The zero-order valence-electron chi connectivity index (χ0n) is 30.6. The molecule has 57 heavy (non-hydrogen) atoms. The van der Waals surface area contributed by atoms with Crippen LogP contribution in [0, 0.1) is 0 Å². The standard InChI is InChI=1S/C51H32N4O2/c1-3-14-31(15-4-1)49-52-50(32-16-5-2-6-17-32)54-51(53-49)33-28-29-44-40(30-33)38-22-11-21-37(47(38)56-44)36-20-13-27-45-46(36)39-23-12-26-43(48(39)57-45)55-41-24-9-7-18-34(41)35-19-8-10-25-42(35)55/h1-26,28-30,45H,27H2. The summed E-state index contributed by atoms with van der Waals surface area (Å²) >= 11 is 0. The predicted molar refractivity (Wildman–Crippen MR) is 229 cm³/mol. The molecule has 2 aliphatic rings. The number of rotatable bonds is 5. The molecule has 12 rings (SSSR count). The van der Waals surface area contributed by atoms with E-state index in [4.69, 9.17) is 24.1 Å². The van der Waals surface area contributed by atoms with Gasteiger partial charge in [-0.2, -0.15) is 0 Å². The second-order valence-electron chi connectivity index (χ2n) is 14.6. The summed E-state index contributed by atoms with van der Waals surface area (Å²) in [5.74, 6) is 2.78. The monoisotopic (exact) mass is 732 g/mol. The fraction of sp³-hybridized carbons (Fsp3) is 0.0392. The molecule has 0 bridgehead atoms. The van der Waals surface area contributed by atoms with E-state index in [0.29, 0.717) is 17.5 Å². The Morgan fingerprint density at radius 2 is 1.11 bits per heavy atom. The smallest absolute Gasteiger partial charge is 0.164 e. The Balaban J connectivity index is 1.01. The minimum atomic E-state index is -0.109. The number of nitrogens with zero attached hydrogens (tertiary/aromatic N) is 4. The summed E-state index contributed by atoms with van der Waals surface area (Å²) in [6.45, 7) is 0. The molecule has 1 aliphatic carbocycles. The van der Waals surface area contributed by atoms with Crippen LogP contribution in [0.1, 0.15) is 17.5 Å². The van der Waals surface area contributed by atoms with E-state index in [2.05, 4.69) is 108 Å². The third-order valence-corrected chi connectivity index (χ3v) is 11.4. The van der Waals surface area contributed by atoms with Crippen LogP contribution in [0.3, 0.4) is 0 Å². The van der Waals surface area contributed by atoms with Gasteiger partial charge in [0.05, 0.1) is 16.7 Å². The highest BCUT2D eigenvalue weighted by Gasteiger charge is 2.35. The molecule has 0 amide bonds. The van der Waals surface area contributed by atoms with Crippen LogP contribution >= 0.6 is 0 Å². The molecule has 6 heteroatoms. The first kappa shape index (κ1) is 31.7. The van der Waals surface area contributed by atoms with Crippen LogP contribution in [0.4, 0.5) is 0 Å². The first-order valence-electron chi connectivity index (χ1n) is 19.3. The second-order valence-corrected chi connectivity index (χ2v) is 14.6. The Kier molecular flexibility index (Phi) is 6.95. The SMILES string of the molecule is C1=CC(c2cccc3c2oc2ccc(-c4nc(-c5ccccc5)nc(-c5ccccc5)n4)cc23)=C2c3cccc(-n4c5ccccc5c5ccccc54)c3OC2C1. The highest BCUT2D eigenvalue weighted by Crippen LogP contribution is 2.50. The van der Waals surface area contributed by atoms with Gasteiger partial charge in [-0.1, -0.05) is 140 Å². The molecule has 0 saturated heterocycles. The van der Waals surface area contributed by atoms with Crippen molar-refractivity contribution in [1.29, 1.82) is 0 Å². The molecule has 3 aromatic heterocycles. The molecule has 7 aromatic carbocycles. The molecule has 1 unspecified atom stereocenters. The average Bonchev–Trinajstić information content (AvgIpc) is 3.96. The Morgan fingerprint density at radius 1 is 0.509 bits per heavy atom. The van der Waals surface area contributed by atoms with Crippen LogP contribution in [0.15, 0.2) is 180 Å². The number of hydrogen-bond acceptors (Lipinski definition) is 5. The van der Waals surface area contributed by atoms with Gasteiger partial charge in [-0.05, 0) is 42.0 Å². The highest BCUT2D eigenvalue weighted by atomic mass is 16.5. The van der Waals surface area contributed by atoms with Gasteiger partial charge in [-0.25, -0.2) is 15.0 Å². The Morgan fingerprint density at radius 3 is 1.81 bits per heavy atom. The maximum absolute atomic E-state index is 6.95. The number of fused-ring (bicyclic) bond motifs is 9. The summed E-state index contributed by atoms with van der Waals surface area (Å²) in [6.07, 6.45) is 5.15. The van der Waals surface area contributed by atoms with Gasteiger partial charge in [0.15, 0.2) is 23.2 Å². The normalized spacial score (nSPS) is 14.8. The van der Waals surface area contributed by atoms with Crippen molar-refractivity contribution in [3.8, 4) is 45.6 Å². The average molecular weight is 733 g/mol. The molecule has 4 heterocycles. The second kappa shape index (κ2) is 12.5. The molecule has 0 radical (unpaired) electrons. The van der Waals surface area contributed by atoms with Crippen LogP contribution in [0.2, 0.25) is 0 Å². The lowest BCUT2D eigenvalue weighted by molar-refractivity contribution is 0.279. The fourth-order valence-electron chi connectivity index (χ4n) is 8.80. The summed E-state index contributed by atoms with van der Waals surface area (Å²) in [5, 5.41) is 4.50. The van der Waals surface area contributed by atoms with E-state index in [0.717, 1.165) is 84.2 Å². The topological polar surface area (TPSA) is 66.0 Å². The van der Waals surface area contributed by atoms with Crippen molar-refractivity contribution in [3.63, 3.8) is 0 Å². The van der Waals surface area contributed by atoms with E-state index in [1.165, 1.54) is 16.3 Å². The molecule has 0 N–H and O–H groups in total. The van der Waals surface area contributed by atoms with Gasteiger partial charge in [0.1, 0.15) is 17.3 Å². The van der Waals surface area contributed by atoms with Crippen LogP contribution < -0.4 is 4.74 Å². The van der Waals surface area contributed by atoms with Crippen molar-refractivity contribution in [2.75, 3.05) is 0 Å². The molecule has 268 valence electrons. The van der Waals surface area contributed by atoms with E-state index < -0.39 is 0 Å². The quantitative estimate of drug-likeness (QED) is 0.176. The number of ether oxygens (including phenoxy) is 1. The van der Waals surface area contributed by atoms with Crippen LogP contribution in [0.25, 0.3) is 94.7 Å². The maximum Gasteiger partial charge on any atom is 0.164 e. The predicted octanol–water partition coefficient (Wildman–Crippen LogP) is 12.5. The maximum atomic E-state index is 6.95. The first-order chi connectivity index (χ1) is 28.3. The molecule has 0 spiro atoms. The van der Waals surface area contributed by atoms with Crippen molar-refractivity contribution in [3.05, 3.63) is 187 Å². The highest BCUT2D eigenvalue weighted by molar-refractivity contribution is 6.14. The largest absolute Gasteiger partial charge is 0.483 e. The third kappa shape index (κ3) is 4.94. The zero-order valence-corrected chi connectivity index (χ0v) is 30.6. The van der Waals surface area contributed by atoms with Gasteiger partial charge in [-0.15, -0.1) is 0 Å². The van der Waals surface area contributed by atoms with Gasteiger partial charge < -0.3 is 13.7 Å². The van der Waals surface area contributed by atoms with Gasteiger partial charge >= 0.3 is 0 Å². The number of benzene rings is 7. The van der Waals surface area contributed by atoms with E-state index in [9.17, 15) is 0 Å². The lowest BCUT2D eigenvalue weighted by Gasteiger charge is -2.19. The van der Waals surface area contributed by atoms with E-state index >= 15 is 0 Å². The fourth-order valence-corrected chi connectivity index (χ4v) is 8.80. The van der Waals surface area contributed by atoms with Crippen molar-refractivity contribution in [2.24, 2.45) is 0 Å². The van der Waals surface area contributed by atoms with Gasteiger partial charge in [0.25, 0.3) is 0 Å². The molecule has 10 aromatic rings. The zero-order chi connectivity index (χ0) is 37.5. The molecular formula is C51H32N4O2. The number of aromatic nitrogens is 4. The Bertz CT molecular complexity index is 3190. The molecule has 0 saturated carbocycles. The Labute approximate surface area is 327 Å². The lowest BCUT2D eigenvalue weighted by atomic mass is 9.86. The molecule has 6 nitrogen and oxygen atoms in total. The summed E-state index contributed by atoms with van der Waals surface area (Å²) < 4.78 is 16.1. The van der Waals surface area contributed by atoms with Crippen molar-refractivity contribution >= 4 is 54.9 Å². The summed E-state index contributed by atoms with van der Waals surface area (Å²) in [7, 11) is 0. The van der Waals surface area contributed by atoms with E-state index in [-0.39, 0.29) is 6.10 Å². The van der Waals surface area contributed by atoms with E-state index in [1.54, 1.807) is 0 Å². The van der Waals surface area contributed by atoms with Crippen molar-refractivity contribution < 1.29 is 9.15 Å². The summed E-state index contributed by atoms with van der Waals surface area (Å²) in [4.78, 5) is 14.9.